The minimum Gasteiger partial charge on any atom is -0.439 e. The first-order valence-corrected chi connectivity index (χ1v) is 9.66. The summed E-state index contributed by atoms with van der Waals surface area (Å²) in [5.41, 5.74) is 1.00. The Morgan fingerprint density at radius 1 is 1.08 bits per heavy atom. The fourth-order valence-corrected chi connectivity index (χ4v) is 5.93. The van der Waals surface area contributed by atoms with Gasteiger partial charge in [0.1, 0.15) is 5.60 Å². The van der Waals surface area contributed by atoms with Crippen LogP contribution in [-0.4, -0.2) is 47.7 Å². The molecule has 130 valence electrons. The summed E-state index contributed by atoms with van der Waals surface area (Å²) in [6.45, 7) is 3.87. The molecule has 1 spiro atoms. The Bertz CT molecular complexity index is 781. The van der Waals surface area contributed by atoms with Gasteiger partial charge in [-0.1, -0.05) is 36.8 Å². The number of hydrogen-bond acceptors (Lipinski definition) is 3. The predicted octanol–water partition coefficient (Wildman–Crippen LogP) is 3.25. The minimum atomic E-state index is -0.287. The van der Waals surface area contributed by atoms with Crippen molar-refractivity contribution in [1.82, 2.24) is 9.80 Å². The van der Waals surface area contributed by atoms with Crippen LogP contribution in [0.5, 0.6) is 0 Å². The van der Waals surface area contributed by atoms with Gasteiger partial charge >= 0.3 is 6.09 Å². The van der Waals surface area contributed by atoms with E-state index in [9.17, 15) is 4.79 Å². The van der Waals surface area contributed by atoms with Gasteiger partial charge in [0.15, 0.2) is 0 Å². The van der Waals surface area contributed by atoms with Gasteiger partial charge in [-0.25, -0.2) is 4.79 Å². The summed E-state index contributed by atoms with van der Waals surface area (Å²) in [4.78, 5) is 17.2. The zero-order chi connectivity index (χ0) is 16.7. The molecule has 1 amide bonds. The third-order valence-electron chi connectivity index (χ3n) is 7.42. The smallest absolute Gasteiger partial charge is 0.415 e. The number of fused-ring (bicyclic) bond motifs is 3. The van der Waals surface area contributed by atoms with Crippen molar-refractivity contribution >= 4 is 6.09 Å². The quantitative estimate of drug-likeness (QED) is 0.737. The fourth-order valence-electron chi connectivity index (χ4n) is 5.93. The maximum absolute atomic E-state index is 12.8. The molecule has 25 heavy (non-hydrogen) atoms. The van der Waals surface area contributed by atoms with Crippen molar-refractivity contribution in [3.05, 3.63) is 48.2 Å². The van der Waals surface area contributed by atoms with Crippen LogP contribution in [0.3, 0.4) is 0 Å². The Morgan fingerprint density at radius 3 is 2.88 bits per heavy atom. The van der Waals surface area contributed by atoms with E-state index >= 15 is 0 Å². The van der Waals surface area contributed by atoms with Gasteiger partial charge in [-0.05, 0) is 38.0 Å². The Balaban J connectivity index is 1.31. The Morgan fingerprint density at radius 2 is 1.96 bits per heavy atom. The van der Waals surface area contributed by atoms with Gasteiger partial charge in [0.05, 0.1) is 6.54 Å². The van der Waals surface area contributed by atoms with Crippen LogP contribution in [0, 0.1) is 16.7 Å². The third-order valence-corrected chi connectivity index (χ3v) is 7.42. The normalized spacial score (nSPS) is 48.9. The van der Waals surface area contributed by atoms with Gasteiger partial charge < -0.3 is 4.74 Å². The van der Waals surface area contributed by atoms with E-state index in [4.69, 9.17) is 4.74 Å². The standard InChI is InChI=1S/C21H24N2O2/c24-18-23(15-21(25-18)14-22-10-4-1-5-16(21)12-22)17-6-9-19-7-2-3-8-20(19,11-17)13-19/h2-3,6-9,11,16H,1,4-5,10,12-15H2/t16-,19?,20?,21?/m0/s1. The van der Waals surface area contributed by atoms with Gasteiger partial charge in [0.25, 0.3) is 0 Å². The molecule has 4 heteroatoms. The lowest BCUT2D eigenvalue weighted by Gasteiger charge is -2.30. The van der Waals surface area contributed by atoms with E-state index in [1.54, 1.807) is 0 Å². The summed E-state index contributed by atoms with van der Waals surface area (Å²) in [7, 11) is 0. The summed E-state index contributed by atoms with van der Waals surface area (Å²) in [5, 5.41) is 0. The highest BCUT2D eigenvalue weighted by Crippen LogP contribution is 2.71. The van der Waals surface area contributed by atoms with E-state index in [2.05, 4.69) is 47.4 Å². The number of hydrogen-bond donors (Lipinski definition) is 0. The number of carbonyl (C=O) groups excluding carboxylic acids is 1. The molecule has 6 aliphatic rings. The van der Waals surface area contributed by atoms with Crippen LogP contribution < -0.4 is 0 Å². The van der Waals surface area contributed by atoms with Crippen molar-refractivity contribution in [1.29, 1.82) is 0 Å². The summed E-state index contributed by atoms with van der Waals surface area (Å²) >= 11 is 0. The molecule has 3 aliphatic heterocycles. The molecule has 0 radical (unpaired) electrons. The molecule has 3 heterocycles. The van der Waals surface area contributed by atoms with Crippen molar-refractivity contribution in [2.24, 2.45) is 16.7 Å². The van der Waals surface area contributed by atoms with Crippen LogP contribution in [0.15, 0.2) is 48.2 Å². The first-order chi connectivity index (χ1) is 12.1. The van der Waals surface area contributed by atoms with E-state index in [1.165, 1.54) is 19.3 Å². The van der Waals surface area contributed by atoms with Crippen LogP contribution in [0.2, 0.25) is 0 Å². The second-order valence-electron chi connectivity index (χ2n) is 8.82. The van der Waals surface area contributed by atoms with Crippen LogP contribution >= 0.6 is 0 Å². The molecule has 4 fully saturated rings. The number of carbonyl (C=O) groups is 1. The van der Waals surface area contributed by atoms with Crippen molar-refractivity contribution in [2.45, 2.75) is 31.3 Å². The summed E-state index contributed by atoms with van der Waals surface area (Å²) in [6.07, 6.45) is 20.3. The number of ether oxygens (including phenoxy) is 1. The van der Waals surface area contributed by atoms with Crippen molar-refractivity contribution in [2.75, 3.05) is 26.2 Å². The molecular formula is C21H24N2O2. The monoisotopic (exact) mass is 336 g/mol. The van der Waals surface area contributed by atoms with Crippen molar-refractivity contribution in [3.63, 3.8) is 0 Å². The van der Waals surface area contributed by atoms with Gasteiger partial charge in [-0.2, -0.15) is 0 Å². The highest BCUT2D eigenvalue weighted by atomic mass is 16.6. The molecule has 1 saturated carbocycles. The number of amides is 1. The maximum atomic E-state index is 12.8. The predicted molar refractivity (Wildman–Crippen MR) is 94.7 cm³/mol. The zero-order valence-electron chi connectivity index (χ0n) is 14.5. The molecule has 0 N–H and O–H groups in total. The summed E-state index contributed by atoms with van der Waals surface area (Å²) in [5.74, 6) is 0.493. The van der Waals surface area contributed by atoms with Crippen LogP contribution in [0.1, 0.15) is 25.7 Å². The third kappa shape index (κ3) is 1.78. The first kappa shape index (κ1) is 14.4. The fraction of sp³-hybridized carbons (Fsp3) is 0.571. The van der Waals surface area contributed by atoms with Gasteiger partial charge in [0, 0.05) is 35.5 Å². The van der Waals surface area contributed by atoms with E-state index in [0.717, 1.165) is 31.8 Å². The number of nitrogens with zero attached hydrogens (tertiary/aromatic N) is 2. The largest absolute Gasteiger partial charge is 0.439 e. The van der Waals surface area contributed by atoms with Gasteiger partial charge in [-0.3, -0.25) is 9.80 Å². The highest BCUT2D eigenvalue weighted by Gasteiger charge is 2.64. The second-order valence-corrected chi connectivity index (χ2v) is 8.82. The van der Waals surface area contributed by atoms with Crippen molar-refractivity contribution < 1.29 is 9.53 Å². The summed E-state index contributed by atoms with van der Waals surface area (Å²) < 4.78 is 6.06. The zero-order valence-corrected chi connectivity index (χ0v) is 14.5. The molecule has 3 aliphatic carbocycles. The Hall–Kier alpha value is -1.81. The Kier molecular flexibility index (Phi) is 2.57. The molecule has 4 nitrogen and oxygen atoms in total. The van der Waals surface area contributed by atoms with Gasteiger partial charge in [0.2, 0.25) is 0 Å². The lowest BCUT2D eigenvalue weighted by atomic mass is 9.83. The average Bonchev–Trinajstić information content (AvgIpc) is 3.13. The molecule has 2 bridgehead atoms. The lowest BCUT2D eigenvalue weighted by molar-refractivity contribution is 0.0266. The lowest BCUT2D eigenvalue weighted by Crippen LogP contribution is -2.43. The van der Waals surface area contributed by atoms with Crippen molar-refractivity contribution in [3.8, 4) is 0 Å². The SMILES string of the molecule is O=C1OC2(CN3CCCC[C@H]2C3)CN1C1=CC23C=CC=CC2(C=C1)C3. The van der Waals surface area contributed by atoms with Gasteiger partial charge in [-0.15, -0.1) is 0 Å². The molecule has 3 saturated heterocycles. The minimum absolute atomic E-state index is 0.0917. The van der Waals surface area contributed by atoms with E-state index < -0.39 is 0 Å². The van der Waals surface area contributed by atoms with E-state index in [-0.39, 0.29) is 22.5 Å². The maximum Gasteiger partial charge on any atom is 0.415 e. The van der Waals surface area contributed by atoms with Crippen LogP contribution in [-0.2, 0) is 4.74 Å². The van der Waals surface area contributed by atoms with E-state index in [0.29, 0.717) is 12.5 Å². The first-order valence-electron chi connectivity index (χ1n) is 9.66. The molecule has 0 aromatic carbocycles. The molecule has 4 unspecified atom stereocenters. The molecule has 5 atom stereocenters. The molecule has 6 rings (SSSR count). The average molecular weight is 336 g/mol. The highest BCUT2D eigenvalue weighted by molar-refractivity contribution is 5.75. The summed E-state index contributed by atoms with van der Waals surface area (Å²) in [6, 6.07) is 0. The van der Waals surface area contributed by atoms with E-state index in [1.807, 2.05) is 4.90 Å². The molecular weight excluding hydrogens is 312 g/mol. The molecule has 0 aromatic heterocycles. The molecule has 0 aromatic rings. The number of allylic oxidation sites excluding steroid dienone is 7. The second kappa shape index (κ2) is 4.47. The van der Waals surface area contributed by atoms with Crippen LogP contribution in [0.4, 0.5) is 4.79 Å². The van der Waals surface area contributed by atoms with Crippen LogP contribution in [0.25, 0.3) is 0 Å². The Labute approximate surface area is 148 Å². The topological polar surface area (TPSA) is 32.8 Å². The number of rotatable bonds is 1.